The molecule has 0 aliphatic heterocycles. The molecule has 3 rings (SSSR count). The second kappa shape index (κ2) is 5.60. The van der Waals surface area contributed by atoms with Gasteiger partial charge >= 0.3 is 6.18 Å². The Balaban J connectivity index is 2.11. The highest BCUT2D eigenvalue weighted by Crippen LogP contribution is 2.28. The van der Waals surface area contributed by atoms with Crippen molar-refractivity contribution in [3.63, 3.8) is 0 Å². The van der Waals surface area contributed by atoms with Gasteiger partial charge in [0.25, 0.3) is 0 Å². The summed E-state index contributed by atoms with van der Waals surface area (Å²) in [5, 5.41) is 0. The number of nitrogens with zero attached hydrogens (tertiary/aromatic N) is 4. The van der Waals surface area contributed by atoms with E-state index in [0.29, 0.717) is 17.5 Å². The lowest BCUT2D eigenvalue weighted by atomic mass is 10.2. The van der Waals surface area contributed by atoms with Crippen LogP contribution in [0.25, 0.3) is 11.2 Å². The largest absolute Gasteiger partial charge is 0.451 e. The Hall–Kier alpha value is -2.51. The first-order valence-electron chi connectivity index (χ1n) is 6.92. The van der Waals surface area contributed by atoms with Gasteiger partial charge in [0.05, 0.1) is 18.6 Å². The molecule has 0 saturated carbocycles. The predicted molar refractivity (Wildman–Crippen MR) is 75.2 cm³/mol. The second-order valence-corrected chi connectivity index (χ2v) is 5.02. The quantitative estimate of drug-likeness (QED) is 0.692. The van der Waals surface area contributed by atoms with Crippen LogP contribution in [0.1, 0.15) is 24.0 Å². The maximum absolute atomic E-state index is 13.2. The molecule has 2 aromatic heterocycles. The van der Waals surface area contributed by atoms with Crippen molar-refractivity contribution in [3.05, 3.63) is 53.5 Å². The molecule has 0 spiro atoms. The summed E-state index contributed by atoms with van der Waals surface area (Å²) >= 11 is 0. The minimum atomic E-state index is -4.63. The average Bonchev–Trinajstić information content (AvgIpc) is 2.88. The number of aryl methyl sites for hydroxylation is 1. The summed E-state index contributed by atoms with van der Waals surface area (Å²) in [6, 6.07) is 5.84. The van der Waals surface area contributed by atoms with Crippen molar-refractivity contribution in [1.29, 1.82) is 0 Å². The number of hydrogen-bond donors (Lipinski definition) is 0. The summed E-state index contributed by atoms with van der Waals surface area (Å²) in [7, 11) is 0. The van der Waals surface area contributed by atoms with Crippen LogP contribution in [0.15, 0.2) is 30.6 Å². The van der Waals surface area contributed by atoms with E-state index in [2.05, 4.69) is 15.0 Å². The molecule has 0 fully saturated rings. The molecule has 8 heteroatoms. The minimum absolute atomic E-state index is 0.0911. The van der Waals surface area contributed by atoms with Gasteiger partial charge in [0.15, 0.2) is 5.65 Å². The average molecular weight is 324 g/mol. The van der Waals surface area contributed by atoms with Crippen LogP contribution < -0.4 is 0 Å². The Bertz CT molecular complexity index is 854. The third-order valence-electron chi connectivity index (χ3n) is 3.37. The maximum atomic E-state index is 13.2. The molecule has 0 radical (unpaired) electrons. The van der Waals surface area contributed by atoms with E-state index in [-0.39, 0.29) is 17.9 Å². The topological polar surface area (TPSA) is 43.6 Å². The van der Waals surface area contributed by atoms with Crippen molar-refractivity contribution in [3.8, 4) is 0 Å². The molecule has 120 valence electrons. The highest BCUT2D eigenvalue weighted by atomic mass is 19.4. The van der Waals surface area contributed by atoms with Crippen LogP contribution in [-0.2, 0) is 19.1 Å². The molecule has 0 saturated heterocycles. The van der Waals surface area contributed by atoms with Gasteiger partial charge in [0, 0.05) is 0 Å². The summed E-state index contributed by atoms with van der Waals surface area (Å²) in [5.74, 6) is -1.60. The zero-order valence-electron chi connectivity index (χ0n) is 12.1. The van der Waals surface area contributed by atoms with E-state index in [4.69, 9.17) is 0 Å². The third kappa shape index (κ3) is 3.01. The minimum Gasteiger partial charge on any atom is -0.311 e. The Labute approximate surface area is 128 Å². The van der Waals surface area contributed by atoms with Crippen molar-refractivity contribution in [2.45, 2.75) is 26.1 Å². The lowest BCUT2D eigenvalue weighted by Gasteiger charge is -2.09. The smallest absolute Gasteiger partial charge is 0.311 e. The van der Waals surface area contributed by atoms with Gasteiger partial charge in [-0.1, -0.05) is 19.1 Å². The number of alkyl halides is 3. The lowest BCUT2D eigenvalue weighted by molar-refractivity contribution is -0.144. The molecule has 0 N–H and O–H groups in total. The SMILES string of the molecule is CCc1nc(C(F)(F)F)nc2c1ncn2Cc1cccc(F)c1. The Morgan fingerprint density at radius 3 is 2.61 bits per heavy atom. The molecule has 1 aromatic carbocycles. The number of halogens is 4. The number of imidazole rings is 1. The van der Waals surface area contributed by atoms with Gasteiger partial charge in [-0.15, -0.1) is 0 Å². The van der Waals surface area contributed by atoms with Crippen molar-refractivity contribution >= 4 is 11.2 Å². The summed E-state index contributed by atoms with van der Waals surface area (Å²) in [6.45, 7) is 1.87. The monoisotopic (exact) mass is 324 g/mol. The normalized spacial score (nSPS) is 12.0. The molecule has 2 heterocycles. The molecule has 0 amide bonds. The zero-order valence-corrected chi connectivity index (χ0v) is 12.1. The molecule has 0 aliphatic carbocycles. The van der Waals surface area contributed by atoms with Gasteiger partial charge in [-0.25, -0.2) is 19.3 Å². The van der Waals surface area contributed by atoms with E-state index in [1.54, 1.807) is 13.0 Å². The third-order valence-corrected chi connectivity index (χ3v) is 3.37. The number of rotatable bonds is 3. The van der Waals surface area contributed by atoms with Gasteiger partial charge in [0.2, 0.25) is 5.82 Å². The van der Waals surface area contributed by atoms with Crippen molar-refractivity contribution in [2.24, 2.45) is 0 Å². The van der Waals surface area contributed by atoms with Crippen LogP contribution in [0.2, 0.25) is 0 Å². The zero-order chi connectivity index (χ0) is 16.6. The molecule has 4 nitrogen and oxygen atoms in total. The van der Waals surface area contributed by atoms with E-state index < -0.39 is 17.8 Å². The lowest BCUT2D eigenvalue weighted by Crippen LogP contribution is -2.14. The molecule has 0 bridgehead atoms. The van der Waals surface area contributed by atoms with Crippen LogP contribution in [0.5, 0.6) is 0 Å². The van der Waals surface area contributed by atoms with E-state index in [1.807, 2.05) is 0 Å². The van der Waals surface area contributed by atoms with Gasteiger partial charge in [-0.2, -0.15) is 13.2 Å². The van der Waals surface area contributed by atoms with Gasteiger partial charge in [-0.3, -0.25) is 0 Å². The van der Waals surface area contributed by atoms with Gasteiger partial charge in [0.1, 0.15) is 11.3 Å². The van der Waals surface area contributed by atoms with Crippen molar-refractivity contribution in [2.75, 3.05) is 0 Å². The maximum Gasteiger partial charge on any atom is 0.451 e. The van der Waals surface area contributed by atoms with Crippen LogP contribution in [-0.4, -0.2) is 19.5 Å². The van der Waals surface area contributed by atoms with Crippen LogP contribution >= 0.6 is 0 Å². The first-order valence-corrected chi connectivity index (χ1v) is 6.92. The number of benzene rings is 1. The van der Waals surface area contributed by atoms with E-state index in [9.17, 15) is 17.6 Å². The Morgan fingerprint density at radius 2 is 1.96 bits per heavy atom. The van der Waals surface area contributed by atoms with Crippen molar-refractivity contribution in [1.82, 2.24) is 19.5 Å². The predicted octanol–water partition coefficient (Wildman–Crippen LogP) is 3.59. The van der Waals surface area contributed by atoms with Crippen molar-refractivity contribution < 1.29 is 17.6 Å². The van der Waals surface area contributed by atoms with Gasteiger partial charge in [-0.05, 0) is 24.1 Å². The summed E-state index contributed by atoms with van der Waals surface area (Å²) < 4.78 is 53.5. The van der Waals surface area contributed by atoms with E-state index in [0.717, 1.165) is 0 Å². The fraction of sp³-hybridized carbons (Fsp3) is 0.267. The van der Waals surface area contributed by atoms with Crippen LogP contribution in [0.4, 0.5) is 17.6 Å². The molecule has 0 aliphatic rings. The number of hydrogen-bond acceptors (Lipinski definition) is 3. The Kier molecular flexibility index (Phi) is 3.75. The van der Waals surface area contributed by atoms with E-state index in [1.165, 1.54) is 29.1 Å². The molecule has 0 atom stereocenters. The summed E-state index contributed by atoms with van der Waals surface area (Å²) in [5.41, 5.74) is 1.26. The molecular formula is C15H12F4N4. The molecule has 3 aromatic rings. The number of fused-ring (bicyclic) bond motifs is 1. The fourth-order valence-corrected chi connectivity index (χ4v) is 2.32. The fourth-order valence-electron chi connectivity index (χ4n) is 2.32. The van der Waals surface area contributed by atoms with Crippen LogP contribution in [0, 0.1) is 5.82 Å². The molecular weight excluding hydrogens is 312 g/mol. The first-order chi connectivity index (χ1) is 10.9. The highest BCUT2D eigenvalue weighted by molar-refractivity contribution is 5.73. The number of aromatic nitrogens is 4. The highest BCUT2D eigenvalue weighted by Gasteiger charge is 2.36. The molecule has 23 heavy (non-hydrogen) atoms. The second-order valence-electron chi connectivity index (χ2n) is 5.02. The van der Waals surface area contributed by atoms with E-state index >= 15 is 0 Å². The summed E-state index contributed by atoms with van der Waals surface area (Å²) in [4.78, 5) is 11.3. The van der Waals surface area contributed by atoms with Gasteiger partial charge < -0.3 is 4.57 Å². The standard InChI is InChI=1S/C15H12F4N4/c1-2-11-12-13(22-14(21-11)15(17,18)19)23(8-20-12)7-9-4-3-5-10(16)6-9/h3-6,8H,2,7H2,1H3. The summed E-state index contributed by atoms with van der Waals surface area (Å²) in [6.07, 6.45) is -2.94. The first kappa shape index (κ1) is 15.4. The Morgan fingerprint density at radius 1 is 1.17 bits per heavy atom. The van der Waals surface area contributed by atoms with Crippen LogP contribution in [0.3, 0.4) is 0 Å². The molecule has 0 unspecified atom stereocenters.